The van der Waals surface area contributed by atoms with E-state index in [-0.39, 0.29) is 5.60 Å². The van der Waals surface area contributed by atoms with Crippen LogP contribution in [-0.4, -0.2) is 25.9 Å². The van der Waals surface area contributed by atoms with E-state index in [9.17, 15) is 0 Å². The van der Waals surface area contributed by atoms with E-state index in [1.165, 1.54) is 6.42 Å². The highest BCUT2D eigenvalue weighted by Crippen LogP contribution is 2.28. The number of rotatable bonds is 8. The van der Waals surface area contributed by atoms with Crippen LogP contribution in [0.4, 0.5) is 0 Å². The lowest BCUT2D eigenvalue weighted by molar-refractivity contribution is -0.0646. The molecule has 0 saturated carbocycles. The van der Waals surface area contributed by atoms with Gasteiger partial charge >= 0.3 is 0 Å². The van der Waals surface area contributed by atoms with Crippen LogP contribution in [0.5, 0.6) is 0 Å². The van der Waals surface area contributed by atoms with Crippen molar-refractivity contribution >= 4 is 0 Å². The Bertz CT molecular complexity index is 126. The normalized spacial score (nSPS) is 17.8. The highest BCUT2D eigenvalue weighted by Gasteiger charge is 2.29. The van der Waals surface area contributed by atoms with Crippen LogP contribution in [0.1, 0.15) is 52.9 Å². The topological polar surface area (TPSA) is 18.5 Å². The Morgan fingerprint density at radius 3 is 2.07 bits per heavy atom. The summed E-state index contributed by atoms with van der Waals surface area (Å²) in [4.78, 5) is 0. The molecule has 0 aliphatic carbocycles. The van der Waals surface area contributed by atoms with Crippen molar-refractivity contribution in [1.29, 1.82) is 0 Å². The van der Waals surface area contributed by atoms with Crippen LogP contribution < -0.4 is 0 Å². The van der Waals surface area contributed by atoms with Crippen LogP contribution in [0.15, 0.2) is 0 Å². The molecule has 0 bridgehead atoms. The fourth-order valence-electron chi connectivity index (χ4n) is 2.02. The highest BCUT2D eigenvalue weighted by atomic mass is 16.5. The van der Waals surface area contributed by atoms with Gasteiger partial charge < -0.3 is 9.47 Å². The van der Waals surface area contributed by atoms with Crippen molar-refractivity contribution in [3.05, 3.63) is 0 Å². The number of hydrogen-bond donors (Lipinski definition) is 0. The summed E-state index contributed by atoms with van der Waals surface area (Å²) >= 11 is 0. The van der Waals surface area contributed by atoms with Crippen molar-refractivity contribution < 1.29 is 9.47 Å². The zero-order valence-electron chi connectivity index (χ0n) is 10.4. The molecule has 2 nitrogen and oxygen atoms in total. The molecule has 0 aliphatic rings. The van der Waals surface area contributed by atoms with Crippen LogP contribution in [0.3, 0.4) is 0 Å². The fourth-order valence-corrected chi connectivity index (χ4v) is 2.02. The molecule has 0 N–H and O–H groups in total. The Hall–Kier alpha value is -0.0800. The van der Waals surface area contributed by atoms with Gasteiger partial charge in [-0.2, -0.15) is 0 Å². The van der Waals surface area contributed by atoms with Crippen molar-refractivity contribution in [2.75, 3.05) is 14.2 Å². The third kappa shape index (κ3) is 3.97. The molecule has 2 unspecified atom stereocenters. The highest BCUT2D eigenvalue weighted by molar-refractivity contribution is 4.81. The standard InChI is InChI=1S/C12H26O2/c1-6-9-12(8-3,14-5)10-11(7-2)13-4/h11H,6-10H2,1-5H3. The lowest BCUT2D eigenvalue weighted by Crippen LogP contribution is -2.35. The van der Waals surface area contributed by atoms with Crippen molar-refractivity contribution in [3.8, 4) is 0 Å². The van der Waals surface area contributed by atoms with Gasteiger partial charge in [0.15, 0.2) is 0 Å². The molecular weight excluding hydrogens is 176 g/mol. The second-order valence-corrected chi connectivity index (χ2v) is 3.96. The smallest absolute Gasteiger partial charge is 0.0700 e. The van der Waals surface area contributed by atoms with E-state index < -0.39 is 0 Å². The summed E-state index contributed by atoms with van der Waals surface area (Å²) < 4.78 is 11.1. The summed E-state index contributed by atoms with van der Waals surface area (Å²) in [5.41, 5.74) is 0.0332. The van der Waals surface area contributed by atoms with Crippen LogP contribution in [0.2, 0.25) is 0 Å². The van der Waals surface area contributed by atoms with Crippen molar-refractivity contribution in [2.45, 2.75) is 64.6 Å². The molecule has 14 heavy (non-hydrogen) atoms. The minimum atomic E-state index is 0.0332. The molecule has 0 fully saturated rings. The third-order valence-corrected chi connectivity index (χ3v) is 3.17. The van der Waals surface area contributed by atoms with Crippen LogP contribution in [0, 0.1) is 0 Å². The molecule has 0 radical (unpaired) electrons. The van der Waals surface area contributed by atoms with Gasteiger partial charge in [-0.25, -0.2) is 0 Å². The van der Waals surface area contributed by atoms with Gasteiger partial charge in [0.1, 0.15) is 0 Å². The largest absolute Gasteiger partial charge is 0.381 e. The zero-order chi connectivity index (χ0) is 11.0. The second-order valence-electron chi connectivity index (χ2n) is 3.96. The second kappa shape index (κ2) is 7.24. The monoisotopic (exact) mass is 202 g/mol. The van der Waals surface area contributed by atoms with Gasteiger partial charge in [-0.1, -0.05) is 27.2 Å². The van der Waals surface area contributed by atoms with Crippen LogP contribution in [-0.2, 0) is 9.47 Å². The maximum absolute atomic E-state index is 5.68. The van der Waals surface area contributed by atoms with E-state index in [1.807, 2.05) is 7.11 Å². The molecule has 0 spiro atoms. The Kier molecular flexibility index (Phi) is 7.20. The van der Waals surface area contributed by atoms with Gasteiger partial charge in [0, 0.05) is 20.6 Å². The Labute approximate surface area is 89.0 Å². The first-order valence-corrected chi connectivity index (χ1v) is 5.75. The summed E-state index contributed by atoms with van der Waals surface area (Å²) in [5.74, 6) is 0. The summed E-state index contributed by atoms with van der Waals surface area (Å²) in [7, 11) is 3.61. The fraction of sp³-hybridized carbons (Fsp3) is 1.00. The van der Waals surface area contributed by atoms with Gasteiger partial charge in [0.2, 0.25) is 0 Å². The molecule has 0 aromatic carbocycles. The van der Waals surface area contributed by atoms with Crippen molar-refractivity contribution in [1.82, 2.24) is 0 Å². The molecule has 0 aliphatic heterocycles. The van der Waals surface area contributed by atoms with E-state index in [4.69, 9.17) is 9.47 Å². The minimum absolute atomic E-state index is 0.0332. The molecule has 0 heterocycles. The van der Waals surface area contributed by atoms with Crippen molar-refractivity contribution in [3.63, 3.8) is 0 Å². The van der Waals surface area contributed by atoms with Crippen molar-refractivity contribution in [2.24, 2.45) is 0 Å². The SMILES string of the molecule is CCCC(CC)(CC(CC)OC)OC. The van der Waals surface area contributed by atoms with Gasteiger partial charge in [0.25, 0.3) is 0 Å². The lowest BCUT2D eigenvalue weighted by Gasteiger charge is -2.34. The van der Waals surface area contributed by atoms with Gasteiger partial charge in [-0.3, -0.25) is 0 Å². The molecule has 2 heteroatoms. The number of hydrogen-bond acceptors (Lipinski definition) is 2. The molecule has 0 amide bonds. The molecule has 0 rings (SSSR count). The van der Waals surface area contributed by atoms with Crippen LogP contribution in [0.25, 0.3) is 0 Å². The molecule has 0 saturated heterocycles. The molecular formula is C12H26O2. The predicted octanol–water partition coefficient (Wildman–Crippen LogP) is 3.40. The van der Waals surface area contributed by atoms with E-state index >= 15 is 0 Å². The zero-order valence-corrected chi connectivity index (χ0v) is 10.4. The van der Waals surface area contributed by atoms with E-state index in [0.29, 0.717) is 6.10 Å². The predicted molar refractivity (Wildman–Crippen MR) is 60.6 cm³/mol. The summed E-state index contributed by atoms with van der Waals surface area (Å²) in [6.07, 6.45) is 5.77. The molecule has 86 valence electrons. The Morgan fingerprint density at radius 1 is 1.14 bits per heavy atom. The maximum Gasteiger partial charge on any atom is 0.0700 e. The average molecular weight is 202 g/mol. The molecule has 2 atom stereocenters. The van der Waals surface area contributed by atoms with Gasteiger partial charge in [-0.15, -0.1) is 0 Å². The first-order valence-electron chi connectivity index (χ1n) is 5.75. The van der Waals surface area contributed by atoms with E-state index in [1.54, 1.807) is 7.11 Å². The minimum Gasteiger partial charge on any atom is -0.381 e. The number of methoxy groups -OCH3 is 2. The summed E-state index contributed by atoms with van der Waals surface area (Å²) in [5, 5.41) is 0. The van der Waals surface area contributed by atoms with Gasteiger partial charge in [-0.05, 0) is 19.3 Å². The Morgan fingerprint density at radius 2 is 1.79 bits per heavy atom. The lowest BCUT2D eigenvalue weighted by atomic mass is 9.87. The van der Waals surface area contributed by atoms with Gasteiger partial charge in [0.05, 0.1) is 11.7 Å². The summed E-state index contributed by atoms with van der Waals surface area (Å²) in [6.45, 7) is 6.56. The summed E-state index contributed by atoms with van der Waals surface area (Å²) in [6, 6.07) is 0. The van der Waals surface area contributed by atoms with E-state index in [2.05, 4.69) is 20.8 Å². The first-order chi connectivity index (χ1) is 6.67. The number of ether oxygens (including phenoxy) is 2. The molecule has 0 aromatic rings. The average Bonchev–Trinajstić information content (AvgIpc) is 2.24. The third-order valence-electron chi connectivity index (χ3n) is 3.17. The molecule has 0 aromatic heterocycles. The quantitative estimate of drug-likeness (QED) is 0.600. The first kappa shape index (κ1) is 13.9. The maximum atomic E-state index is 5.68. The van der Waals surface area contributed by atoms with Crippen LogP contribution >= 0.6 is 0 Å². The Balaban J connectivity index is 4.31. The van der Waals surface area contributed by atoms with E-state index in [0.717, 1.165) is 25.7 Å².